The molecule has 0 aromatic carbocycles. The van der Waals surface area contributed by atoms with Gasteiger partial charge in [-0.05, 0) is 25.3 Å². The van der Waals surface area contributed by atoms with Gasteiger partial charge in [-0.15, -0.1) is 11.3 Å². The molecule has 0 radical (unpaired) electrons. The lowest BCUT2D eigenvalue weighted by Gasteiger charge is -2.19. The molecule has 4 rings (SSSR count). The Morgan fingerprint density at radius 3 is 3.05 bits per heavy atom. The summed E-state index contributed by atoms with van der Waals surface area (Å²) in [6.07, 6.45) is 9.68. The zero-order valence-electron chi connectivity index (χ0n) is 12.9. The maximum atomic E-state index is 4.62. The summed E-state index contributed by atoms with van der Waals surface area (Å²) in [6, 6.07) is 0.484. The van der Waals surface area contributed by atoms with Crippen molar-refractivity contribution in [1.82, 2.24) is 19.5 Å². The van der Waals surface area contributed by atoms with E-state index in [4.69, 9.17) is 0 Å². The molecule has 1 atom stereocenters. The second kappa shape index (κ2) is 5.35. The molecule has 114 valence electrons. The number of thiophene rings is 1. The first-order valence-corrected chi connectivity index (χ1v) is 8.55. The molecule has 3 aromatic rings. The van der Waals surface area contributed by atoms with E-state index >= 15 is 0 Å². The van der Waals surface area contributed by atoms with Crippen molar-refractivity contribution in [3.8, 4) is 0 Å². The molecule has 4 heterocycles. The largest absolute Gasteiger partial charge is 0.354 e. The van der Waals surface area contributed by atoms with Gasteiger partial charge in [0.2, 0.25) is 0 Å². The highest BCUT2D eigenvalue weighted by Crippen LogP contribution is 2.37. The Morgan fingerprint density at radius 1 is 1.36 bits per heavy atom. The van der Waals surface area contributed by atoms with E-state index < -0.39 is 0 Å². The van der Waals surface area contributed by atoms with Gasteiger partial charge in [0.25, 0.3) is 0 Å². The molecular formula is C16H19N5S. The molecule has 0 amide bonds. The van der Waals surface area contributed by atoms with Crippen LogP contribution in [-0.2, 0) is 6.42 Å². The van der Waals surface area contributed by atoms with Crippen LogP contribution in [0.3, 0.4) is 0 Å². The van der Waals surface area contributed by atoms with Crippen molar-refractivity contribution in [2.45, 2.75) is 32.7 Å². The van der Waals surface area contributed by atoms with Crippen LogP contribution in [0.1, 0.15) is 29.8 Å². The summed E-state index contributed by atoms with van der Waals surface area (Å²) >= 11 is 1.78. The highest BCUT2D eigenvalue weighted by Gasteiger charge is 2.27. The van der Waals surface area contributed by atoms with Crippen LogP contribution in [0.25, 0.3) is 10.2 Å². The molecule has 3 aromatic heterocycles. The highest BCUT2D eigenvalue weighted by atomic mass is 32.1. The number of anilines is 1. The van der Waals surface area contributed by atoms with Crippen molar-refractivity contribution in [2.24, 2.45) is 0 Å². The molecule has 1 fully saturated rings. The molecule has 22 heavy (non-hydrogen) atoms. The zero-order valence-corrected chi connectivity index (χ0v) is 13.7. The topological polar surface area (TPSA) is 46.8 Å². The number of hydrogen-bond donors (Lipinski definition) is 0. The molecular weight excluding hydrogens is 294 g/mol. The maximum Gasteiger partial charge on any atom is 0.141 e. The lowest BCUT2D eigenvalue weighted by atomic mass is 10.1. The monoisotopic (exact) mass is 313 g/mol. The first kappa shape index (κ1) is 13.7. The van der Waals surface area contributed by atoms with Gasteiger partial charge in [-0.1, -0.05) is 6.92 Å². The lowest BCUT2D eigenvalue weighted by molar-refractivity contribution is 0.551. The smallest absolute Gasteiger partial charge is 0.141 e. The second-order valence-corrected chi connectivity index (χ2v) is 6.97. The number of rotatable bonds is 3. The number of nitrogens with zero attached hydrogens (tertiary/aromatic N) is 5. The Balaban J connectivity index is 1.73. The van der Waals surface area contributed by atoms with Crippen molar-refractivity contribution >= 4 is 27.4 Å². The van der Waals surface area contributed by atoms with Crippen molar-refractivity contribution in [2.75, 3.05) is 18.0 Å². The Bertz CT molecular complexity index is 792. The Labute approximate surface area is 133 Å². The average molecular weight is 313 g/mol. The summed E-state index contributed by atoms with van der Waals surface area (Å²) in [5.41, 5.74) is 1.40. The Morgan fingerprint density at radius 2 is 2.27 bits per heavy atom. The third-order valence-electron chi connectivity index (χ3n) is 4.53. The van der Waals surface area contributed by atoms with Gasteiger partial charge in [0, 0.05) is 30.4 Å². The van der Waals surface area contributed by atoms with Crippen LogP contribution >= 0.6 is 11.3 Å². The van der Waals surface area contributed by atoms with E-state index in [1.165, 1.54) is 15.8 Å². The summed E-state index contributed by atoms with van der Waals surface area (Å²) in [7, 11) is 0. The van der Waals surface area contributed by atoms with Crippen LogP contribution in [0.2, 0.25) is 0 Å². The van der Waals surface area contributed by atoms with Gasteiger partial charge in [-0.2, -0.15) is 0 Å². The van der Waals surface area contributed by atoms with Gasteiger partial charge in [0.05, 0.1) is 17.8 Å². The zero-order chi connectivity index (χ0) is 15.1. The average Bonchev–Trinajstić information content (AvgIpc) is 3.25. The van der Waals surface area contributed by atoms with Crippen LogP contribution in [0, 0.1) is 6.92 Å². The first-order chi connectivity index (χ1) is 10.8. The van der Waals surface area contributed by atoms with E-state index in [1.807, 2.05) is 12.5 Å². The molecule has 0 aliphatic carbocycles. The van der Waals surface area contributed by atoms with E-state index in [0.29, 0.717) is 6.04 Å². The van der Waals surface area contributed by atoms with E-state index in [9.17, 15) is 0 Å². The number of aromatic nitrogens is 4. The summed E-state index contributed by atoms with van der Waals surface area (Å²) < 4.78 is 2.21. The van der Waals surface area contributed by atoms with Crippen LogP contribution in [-0.4, -0.2) is 32.6 Å². The SMILES string of the molecule is CCc1c(C)sc2ncnc(N3CC[C@H](n4ccnc4)C3)c12. The number of imidazole rings is 1. The van der Waals surface area contributed by atoms with Gasteiger partial charge in [0.15, 0.2) is 0 Å². The van der Waals surface area contributed by atoms with Gasteiger partial charge < -0.3 is 9.47 Å². The van der Waals surface area contributed by atoms with E-state index in [0.717, 1.165) is 36.6 Å². The minimum Gasteiger partial charge on any atom is -0.354 e. The first-order valence-electron chi connectivity index (χ1n) is 7.73. The summed E-state index contributed by atoms with van der Waals surface area (Å²) in [5, 5.41) is 1.26. The van der Waals surface area contributed by atoms with Gasteiger partial charge in [-0.3, -0.25) is 0 Å². The molecule has 6 heteroatoms. The van der Waals surface area contributed by atoms with Crippen LogP contribution in [0.15, 0.2) is 25.0 Å². The summed E-state index contributed by atoms with van der Waals surface area (Å²) in [5.74, 6) is 1.11. The molecule has 0 spiro atoms. The molecule has 0 saturated carbocycles. The minimum absolute atomic E-state index is 0.484. The Kier molecular flexibility index (Phi) is 3.33. The molecule has 1 saturated heterocycles. The predicted octanol–water partition coefficient (Wildman–Crippen LogP) is 3.21. The van der Waals surface area contributed by atoms with Crippen molar-refractivity contribution < 1.29 is 0 Å². The van der Waals surface area contributed by atoms with E-state index in [-0.39, 0.29) is 0 Å². The maximum absolute atomic E-state index is 4.62. The summed E-state index contributed by atoms with van der Waals surface area (Å²) in [4.78, 5) is 18.2. The minimum atomic E-state index is 0.484. The number of fused-ring (bicyclic) bond motifs is 1. The molecule has 0 N–H and O–H groups in total. The molecule has 0 unspecified atom stereocenters. The van der Waals surface area contributed by atoms with Crippen molar-refractivity contribution in [3.63, 3.8) is 0 Å². The molecule has 5 nitrogen and oxygen atoms in total. The van der Waals surface area contributed by atoms with Gasteiger partial charge >= 0.3 is 0 Å². The third kappa shape index (κ3) is 2.09. The fourth-order valence-corrected chi connectivity index (χ4v) is 4.49. The van der Waals surface area contributed by atoms with Crippen molar-refractivity contribution in [1.29, 1.82) is 0 Å². The normalized spacial score (nSPS) is 18.5. The van der Waals surface area contributed by atoms with Crippen LogP contribution < -0.4 is 4.90 Å². The fourth-order valence-electron chi connectivity index (χ4n) is 3.41. The quantitative estimate of drug-likeness (QED) is 0.745. The lowest BCUT2D eigenvalue weighted by Crippen LogP contribution is -2.22. The van der Waals surface area contributed by atoms with Crippen LogP contribution in [0.4, 0.5) is 5.82 Å². The van der Waals surface area contributed by atoms with Crippen molar-refractivity contribution in [3.05, 3.63) is 35.5 Å². The third-order valence-corrected chi connectivity index (χ3v) is 5.59. The van der Waals surface area contributed by atoms with E-state index in [2.05, 4.69) is 44.5 Å². The standard InChI is InChI=1S/C16H19N5S/c1-3-13-11(2)22-16-14(13)15(18-9-19-16)20-6-4-12(8-20)21-7-5-17-10-21/h5,7,9-10,12H,3-4,6,8H2,1-2H3/t12-/m0/s1. The number of aryl methyl sites for hydroxylation is 2. The summed E-state index contributed by atoms with van der Waals surface area (Å²) in [6.45, 7) is 6.42. The van der Waals surface area contributed by atoms with Gasteiger partial charge in [-0.25, -0.2) is 15.0 Å². The second-order valence-electron chi connectivity index (χ2n) is 5.77. The number of hydrogen-bond acceptors (Lipinski definition) is 5. The highest BCUT2D eigenvalue weighted by molar-refractivity contribution is 7.18. The molecule has 1 aliphatic rings. The van der Waals surface area contributed by atoms with Crippen LogP contribution in [0.5, 0.6) is 0 Å². The molecule has 1 aliphatic heterocycles. The Hall–Kier alpha value is -1.95. The van der Waals surface area contributed by atoms with E-state index in [1.54, 1.807) is 17.7 Å². The fraction of sp³-hybridized carbons (Fsp3) is 0.438. The van der Waals surface area contributed by atoms with Gasteiger partial charge in [0.1, 0.15) is 17.0 Å². The molecule has 0 bridgehead atoms. The predicted molar refractivity (Wildman–Crippen MR) is 89.6 cm³/mol.